The molecule has 2 atom stereocenters. The van der Waals surface area contributed by atoms with Crippen LogP contribution in [0.4, 0.5) is 13.2 Å². The number of nitrogens with zero attached hydrogens (tertiary/aromatic N) is 2. The van der Waals surface area contributed by atoms with Crippen molar-refractivity contribution >= 4 is 21.4 Å². The largest absolute Gasteiger partial charge is 0.425 e. The molecule has 0 unspecified atom stereocenters. The van der Waals surface area contributed by atoms with Crippen LogP contribution >= 0.6 is 11.3 Å². The van der Waals surface area contributed by atoms with Crippen LogP contribution in [-0.2, 0) is 39.6 Å². The summed E-state index contributed by atoms with van der Waals surface area (Å²) in [4.78, 5) is 2.32. The molecular formula is C21H31F3N2O4S2. The van der Waals surface area contributed by atoms with Gasteiger partial charge in [-0.2, -0.15) is 13.2 Å². The Morgan fingerprint density at radius 3 is 2.50 bits per heavy atom. The van der Waals surface area contributed by atoms with E-state index in [9.17, 15) is 26.7 Å². The molecule has 4 rings (SSSR count). The van der Waals surface area contributed by atoms with Crippen LogP contribution in [0.15, 0.2) is 0 Å². The van der Waals surface area contributed by atoms with E-state index >= 15 is 0 Å². The maximum atomic E-state index is 13.6. The number of hydrogen-bond acceptors (Lipinski definition) is 6. The van der Waals surface area contributed by atoms with Crippen LogP contribution in [0.1, 0.15) is 53.5 Å². The monoisotopic (exact) mass is 496 g/mol. The van der Waals surface area contributed by atoms with Gasteiger partial charge >= 0.3 is 6.18 Å². The fraction of sp³-hybridized carbons (Fsp3) is 0.810. The Morgan fingerprint density at radius 2 is 1.94 bits per heavy atom. The third-order valence-electron chi connectivity index (χ3n) is 7.26. The van der Waals surface area contributed by atoms with E-state index in [1.54, 1.807) is 0 Å². The Bertz CT molecular complexity index is 942. The summed E-state index contributed by atoms with van der Waals surface area (Å²) in [7, 11) is -3.15. The van der Waals surface area contributed by atoms with Crippen LogP contribution in [0.3, 0.4) is 0 Å². The van der Waals surface area contributed by atoms with Gasteiger partial charge in [0.15, 0.2) is 0 Å². The lowest BCUT2D eigenvalue weighted by molar-refractivity contribution is -0.135. The van der Waals surface area contributed by atoms with Gasteiger partial charge < -0.3 is 14.7 Å². The van der Waals surface area contributed by atoms with E-state index < -0.39 is 33.3 Å². The number of ether oxygens (including phenoxy) is 1. The highest BCUT2D eigenvalue weighted by atomic mass is 32.2. The third-order valence-corrected chi connectivity index (χ3v) is 10.1. The zero-order chi connectivity index (χ0) is 23.3. The molecule has 3 aliphatic rings. The molecule has 4 heterocycles. The molecule has 2 saturated heterocycles. The van der Waals surface area contributed by atoms with Crippen LogP contribution < -0.4 is 0 Å². The summed E-state index contributed by atoms with van der Waals surface area (Å²) in [5.41, 5.74) is -0.0703. The van der Waals surface area contributed by atoms with Crippen molar-refractivity contribution in [3.63, 3.8) is 0 Å². The van der Waals surface area contributed by atoms with Gasteiger partial charge in [-0.25, -0.2) is 12.7 Å². The Balaban J connectivity index is 1.47. The van der Waals surface area contributed by atoms with Crippen molar-refractivity contribution in [1.29, 1.82) is 0 Å². The molecule has 32 heavy (non-hydrogen) atoms. The Hall–Kier alpha value is -0.720. The lowest BCUT2D eigenvalue weighted by Gasteiger charge is -2.48. The molecule has 1 aromatic rings. The average molecular weight is 497 g/mol. The van der Waals surface area contributed by atoms with E-state index in [1.165, 1.54) is 10.6 Å². The van der Waals surface area contributed by atoms with Crippen LogP contribution in [0.5, 0.6) is 0 Å². The summed E-state index contributed by atoms with van der Waals surface area (Å²) in [6.07, 6.45) is 0.0452. The van der Waals surface area contributed by atoms with Gasteiger partial charge in [0.25, 0.3) is 0 Å². The Labute approximate surface area is 191 Å². The number of alkyl halides is 3. The molecule has 0 amide bonds. The quantitative estimate of drug-likeness (QED) is 0.694. The van der Waals surface area contributed by atoms with Gasteiger partial charge in [-0.05, 0) is 50.5 Å². The molecule has 1 spiro atoms. The van der Waals surface area contributed by atoms with Crippen molar-refractivity contribution in [2.45, 2.75) is 63.5 Å². The number of hydrogen-bond donors (Lipinski definition) is 1. The predicted molar refractivity (Wildman–Crippen MR) is 116 cm³/mol. The van der Waals surface area contributed by atoms with Gasteiger partial charge in [-0.1, -0.05) is 0 Å². The first-order valence-electron chi connectivity index (χ1n) is 11.1. The van der Waals surface area contributed by atoms with E-state index in [4.69, 9.17) is 4.74 Å². The molecule has 0 aromatic carbocycles. The molecule has 0 saturated carbocycles. The Kier molecular flexibility index (Phi) is 6.72. The molecule has 11 heteroatoms. The van der Waals surface area contributed by atoms with Crippen LogP contribution in [0.25, 0.3) is 0 Å². The summed E-state index contributed by atoms with van der Waals surface area (Å²) in [6, 6.07) is 0.136. The van der Waals surface area contributed by atoms with Gasteiger partial charge in [0.05, 0.1) is 19.5 Å². The van der Waals surface area contributed by atoms with E-state index in [0.717, 1.165) is 37.3 Å². The molecular weight excluding hydrogens is 465 g/mol. The van der Waals surface area contributed by atoms with Gasteiger partial charge in [0.1, 0.15) is 10.5 Å². The number of likely N-dealkylation sites (tertiary alicyclic amines) is 1. The minimum absolute atomic E-state index is 0.0212. The smallest absolute Gasteiger partial charge is 0.392 e. The van der Waals surface area contributed by atoms with E-state index in [0.29, 0.717) is 55.3 Å². The summed E-state index contributed by atoms with van der Waals surface area (Å²) in [5, 5.41) is 9.68. The van der Waals surface area contributed by atoms with Crippen molar-refractivity contribution < 1.29 is 31.4 Å². The maximum Gasteiger partial charge on any atom is 0.425 e. The summed E-state index contributed by atoms with van der Waals surface area (Å²) in [5.74, 6) is 0.409. The summed E-state index contributed by atoms with van der Waals surface area (Å²) < 4.78 is 71.9. The molecule has 2 fully saturated rings. The molecule has 1 N–H and O–H groups in total. The second-order valence-electron chi connectivity index (χ2n) is 9.37. The topological polar surface area (TPSA) is 70.1 Å². The number of sulfonamides is 1. The minimum atomic E-state index is -4.48. The predicted octanol–water partition coefficient (Wildman–Crippen LogP) is 3.18. The first-order chi connectivity index (χ1) is 14.9. The van der Waals surface area contributed by atoms with Crippen molar-refractivity contribution in [3.05, 3.63) is 20.9 Å². The fourth-order valence-corrected chi connectivity index (χ4v) is 7.84. The number of aliphatic hydroxyl groups is 1. The van der Waals surface area contributed by atoms with Crippen molar-refractivity contribution in [2.75, 3.05) is 39.0 Å². The highest BCUT2D eigenvalue weighted by molar-refractivity contribution is 7.88. The van der Waals surface area contributed by atoms with Gasteiger partial charge in [-0.3, -0.25) is 0 Å². The molecule has 0 aliphatic carbocycles. The molecule has 6 nitrogen and oxygen atoms in total. The number of rotatable bonds is 4. The lowest BCUT2D eigenvalue weighted by atomic mass is 9.80. The number of halogens is 3. The second-order valence-corrected chi connectivity index (χ2v) is 12.4. The summed E-state index contributed by atoms with van der Waals surface area (Å²) in [6.45, 7) is 4.52. The number of piperidine rings is 2. The van der Waals surface area contributed by atoms with Crippen molar-refractivity contribution in [2.24, 2.45) is 5.92 Å². The fourth-order valence-electron chi connectivity index (χ4n) is 5.56. The zero-order valence-corrected chi connectivity index (χ0v) is 20.1. The van der Waals surface area contributed by atoms with Crippen LogP contribution in [0, 0.1) is 5.92 Å². The molecule has 1 aromatic heterocycles. The maximum absolute atomic E-state index is 13.6. The molecule has 3 aliphatic heterocycles. The normalized spacial score (nSPS) is 28.9. The molecule has 0 radical (unpaired) electrons. The number of thiophene rings is 1. The zero-order valence-electron chi connectivity index (χ0n) is 18.4. The summed E-state index contributed by atoms with van der Waals surface area (Å²) >= 11 is 0.749. The average Bonchev–Trinajstić information content (AvgIpc) is 3.11. The SMILES string of the molecule is C[C@H]1C[C@@]2(CCN1CC1CCN(S(C)(=O)=O)CC1)OCCc1c2sc(C(F)(F)F)c1CO. The van der Waals surface area contributed by atoms with Crippen molar-refractivity contribution in [3.8, 4) is 0 Å². The first-order valence-corrected chi connectivity index (χ1v) is 13.8. The highest BCUT2D eigenvalue weighted by Gasteiger charge is 2.48. The minimum Gasteiger partial charge on any atom is -0.392 e. The number of aliphatic hydroxyl groups excluding tert-OH is 1. The number of fused-ring (bicyclic) bond motifs is 2. The van der Waals surface area contributed by atoms with Crippen molar-refractivity contribution in [1.82, 2.24) is 9.21 Å². The van der Waals surface area contributed by atoms with Crippen LogP contribution in [-0.4, -0.2) is 67.8 Å². The third kappa shape index (κ3) is 4.61. The van der Waals surface area contributed by atoms with Gasteiger partial charge in [0, 0.05) is 42.7 Å². The second kappa shape index (κ2) is 8.81. The standard InChI is InChI=1S/C21H31F3N2O4S2/c1-14-11-20(6-9-25(14)12-15-3-7-26(8-4-15)32(2,28)29)18-16(5-10-30-20)17(13-27)19(31-18)21(22,23)24/h14-15,27H,3-13H2,1-2H3/t14-,20+/m0/s1. The first kappa shape index (κ1) is 24.4. The van der Waals surface area contributed by atoms with Crippen LogP contribution in [0.2, 0.25) is 0 Å². The van der Waals surface area contributed by atoms with Gasteiger partial charge in [0.2, 0.25) is 10.0 Å². The molecule has 0 bridgehead atoms. The highest BCUT2D eigenvalue weighted by Crippen LogP contribution is 2.51. The van der Waals surface area contributed by atoms with E-state index in [2.05, 4.69) is 11.8 Å². The van der Waals surface area contributed by atoms with E-state index in [-0.39, 0.29) is 11.6 Å². The lowest BCUT2D eigenvalue weighted by Crippen LogP contribution is -2.52. The molecule has 182 valence electrons. The van der Waals surface area contributed by atoms with Gasteiger partial charge in [-0.15, -0.1) is 11.3 Å². The van der Waals surface area contributed by atoms with E-state index in [1.807, 2.05) is 0 Å². The Morgan fingerprint density at radius 1 is 1.25 bits per heavy atom.